The summed E-state index contributed by atoms with van der Waals surface area (Å²) in [5.74, 6) is 0.776. The summed E-state index contributed by atoms with van der Waals surface area (Å²) in [4.78, 5) is 14.3. The lowest BCUT2D eigenvalue weighted by molar-refractivity contribution is 0.0711. The molecule has 0 aliphatic carbocycles. The van der Waals surface area contributed by atoms with Gasteiger partial charge in [0.15, 0.2) is 0 Å². The topological polar surface area (TPSA) is 34.5 Å². The third-order valence-electron chi connectivity index (χ3n) is 3.49. The maximum atomic E-state index is 12.5. The normalized spacial score (nSPS) is 14.1. The zero-order valence-corrected chi connectivity index (χ0v) is 10.9. The second-order valence-electron chi connectivity index (χ2n) is 4.65. The van der Waals surface area contributed by atoms with Crippen LogP contribution in [0.4, 0.5) is 0 Å². The van der Waals surface area contributed by atoms with Crippen LogP contribution < -0.4 is 4.74 Å². The first-order valence-corrected chi connectivity index (χ1v) is 6.35. The Balaban J connectivity index is 1.81. The number of nitrogens with zero attached hydrogens (tertiary/aromatic N) is 2. The van der Waals surface area contributed by atoms with Gasteiger partial charge >= 0.3 is 0 Å². The van der Waals surface area contributed by atoms with Gasteiger partial charge in [0.25, 0.3) is 5.91 Å². The lowest BCUT2D eigenvalue weighted by Gasteiger charge is -2.28. The zero-order valence-electron chi connectivity index (χ0n) is 10.9. The summed E-state index contributed by atoms with van der Waals surface area (Å²) >= 11 is 0. The van der Waals surface area contributed by atoms with E-state index in [1.807, 2.05) is 29.2 Å². The molecule has 0 atom stereocenters. The van der Waals surface area contributed by atoms with Crippen molar-refractivity contribution in [2.24, 2.45) is 0 Å². The van der Waals surface area contributed by atoms with E-state index < -0.39 is 0 Å². The minimum Gasteiger partial charge on any atom is -0.497 e. The van der Waals surface area contributed by atoms with Crippen LogP contribution in [0.1, 0.15) is 16.1 Å². The molecule has 2 aromatic rings. The number of rotatable bonds is 2. The predicted molar refractivity (Wildman–Crippen MR) is 72.2 cm³/mol. The van der Waals surface area contributed by atoms with Gasteiger partial charge in [0.05, 0.1) is 13.7 Å². The van der Waals surface area contributed by atoms with Crippen LogP contribution in [0, 0.1) is 0 Å². The van der Waals surface area contributed by atoms with Crippen molar-refractivity contribution in [3.63, 3.8) is 0 Å². The predicted octanol–water partition coefficient (Wildman–Crippen LogP) is 2.15. The second-order valence-corrected chi connectivity index (χ2v) is 4.65. The van der Waals surface area contributed by atoms with Gasteiger partial charge in [-0.15, -0.1) is 0 Å². The number of fused-ring (bicyclic) bond motifs is 1. The maximum absolute atomic E-state index is 12.5. The molecule has 0 N–H and O–H groups in total. The number of hydrogen-bond donors (Lipinski definition) is 0. The van der Waals surface area contributed by atoms with Gasteiger partial charge < -0.3 is 14.2 Å². The molecule has 4 heteroatoms. The second kappa shape index (κ2) is 4.80. The summed E-state index contributed by atoms with van der Waals surface area (Å²) in [6, 6.07) is 11.4. The first-order valence-electron chi connectivity index (χ1n) is 6.35. The molecule has 0 bridgehead atoms. The summed E-state index contributed by atoms with van der Waals surface area (Å²) in [6.45, 7) is 2.28. The third kappa shape index (κ3) is 2.21. The van der Waals surface area contributed by atoms with Crippen LogP contribution in [-0.4, -0.2) is 29.0 Å². The first-order chi connectivity index (χ1) is 9.28. The molecule has 98 valence electrons. The smallest absolute Gasteiger partial charge is 0.254 e. The Kier molecular flexibility index (Phi) is 2.99. The highest BCUT2D eigenvalue weighted by molar-refractivity contribution is 5.94. The minimum absolute atomic E-state index is 0.0614. The molecule has 0 fully saturated rings. The number of carbonyl (C=O) groups excluding carboxylic acids is 1. The van der Waals surface area contributed by atoms with Crippen LogP contribution in [0.25, 0.3) is 0 Å². The van der Waals surface area contributed by atoms with Crippen LogP contribution in [0.5, 0.6) is 5.75 Å². The Morgan fingerprint density at radius 3 is 2.95 bits per heavy atom. The molecule has 1 aliphatic rings. The Morgan fingerprint density at radius 1 is 1.21 bits per heavy atom. The summed E-state index contributed by atoms with van der Waals surface area (Å²) < 4.78 is 7.35. The molecular formula is C15H16N2O2. The van der Waals surface area contributed by atoms with Gasteiger partial charge in [-0.05, 0) is 30.3 Å². The molecule has 3 rings (SSSR count). The average molecular weight is 256 g/mol. The fourth-order valence-corrected chi connectivity index (χ4v) is 2.43. The van der Waals surface area contributed by atoms with Crippen molar-refractivity contribution < 1.29 is 9.53 Å². The fourth-order valence-electron chi connectivity index (χ4n) is 2.43. The molecule has 0 unspecified atom stereocenters. The minimum atomic E-state index is 0.0614. The number of ether oxygens (including phenoxy) is 1. The maximum Gasteiger partial charge on any atom is 0.254 e. The van der Waals surface area contributed by atoms with E-state index in [2.05, 4.69) is 16.8 Å². The monoisotopic (exact) mass is 256 g/mol. The van der Waals surface area contributed by atoms with Crippen LogP contribution >= 0.6 is 0 Å². The zero-order chi connectivity index (χ0) is 13.2. The molecule has 0 spiro atoms. The highest BCUT2D eigenvalue weighted by Gasteiger charge is 2.21. The summed E-state index contributed by atoms with van der Waals surface area (Å²) in [5, 5.41) is 0. The molecule has 19 heavy (non-hydrogen) atoms. The Hall–Kier alpha value is -2.23. The summed E-state index contributed by atoms with van der Waals surface area (Å²) in [6.07, 6.45) is 2.06. The summed E-state index contributed by atoms with van der Waals surface area (Å²) in [7, 11) is 1.61. The van der Waals surface area contributed by atoms with Gasteiger partial charge in [0.1, 0.15) is 5.75 Å². The van der Waals surface area contributed by atoms with E-state index in [1.165, 1.54) is 5.69 Å². The molecule has 1 aromatic carbocycles. The number of aromatic nitrogens is 1. The van der Waals surface area contributed by atoms with E-state index in [0.29, 0.717) is 17.9 Å². The highest BCUT2D eigenvalue weighted by atomic mass is 16.5. The van der Waals surface area contributed by atoms with Crippen molar-refractivity contribution in [1.29, 1.82) is 0 Å². The fraction of sp³-hybridized carbons (Fsp3) is 0.267. The molecule has 2 heterocycles. The molecular weight excluding hydrogens is 240 g/mol. The van der Waals surface area contributed by atoms with Crippen LogP contribution in [0.3, 0.4) is 0 Å². The number of methoxy groups -OCH3 is 1. The van der Waals surface area contributed by atoms with E-state index in [-0.39, 0.29) is 5.91 Å². The first kappa shape index (κ1) is 11.8. The lowest BCUT2D eigenvalue weighted by Crippen LogP contribution is -2.37. The van der Waals surface area contributed by atoms with Crippen LogP contribution in [-0.2, 0) is 13.1 Å². The molecule has 1 aromatic heterocycles. The van der Waals surface area contributed by atoms with E-state index >= 15 is 0 Å². The van der Waals surface area contributed by atoms with Gasteiger partial charge in [-0.2, -0.15) is 0 Å². The van der Waals surface area contributed by atoms with E-state index in [1.54, 1.807) is 13.2 Å². The third-order valence-corrected chi connectivity index (χ3v) is 3.49. The number of amides is 1. The van der Waals surface area contributed by atoms with Gasteiger partial charge in [-0.25, -0.2) is 0 Å². The Labute approximate surface area is 112 Å². The SMILES string of the molecule is COc1cccc(C(=O)N2CCn3cccc3C2)c1. The van der Waals surface area contributed by atoms with Gasteiger partial charge in [-0.3, -0.25) is 4.79 Å². The quantitative estimate of drug-likeness (QED) is 0.825. The average Bonchev–Trinajstić information content (AvgIpc) is 2.94. The van der Waals surface area contributed by atoms with Crippen molar-refractivity contribution in [2.45, 2.75) is 13.1 Å². The largest absolute Gasteiger partial charge is 0.497 e. The number of hydrogen-bond acceptors (Lipinski definition) is 2. The van der Waals surface area contributed by atoms with E-state index in [4.69, 9.17) is 4.74 Å². The van der Waals surface area contributed by atoms with Crippen molar-refractivity contribution in [3.8, 4) is 5.75 Å². The standard InChI is InChI=1S/C15H16N2O2/c1-19-14-6-2-4-12(10-14)15(18)17-9-8-16-7-3-5-13(16)11-17/h2-7,10H,8-9,11H2,1H3. The van der Waals surface area contributed by atoms with Gasteiger partial charge in [0, 0.05) is 30.5 Å². The molecule has 1 amide bonds. The molecule has 0 radical (unpaired) electrons. The van der Waals surface area contributed by atoms with Crippen molar-refractivity contribution >= 4 is 5.91 Å². The molecule has 0 saturated carbocycles. The van der Waals surface area contributed by atoms with Crippen LogP contribution in [0.2, 0.25) is 0 Å². The molecule has 0 saturated heterocycles. The van der Waals surface area contributed by atoms with Gasteiger partial charge in [-0.1, -0.05) is 6.07 Å². The Morgan fingerprint density at radius 2 is 2.11 bits per heavy atom. The van der Waals surface area contributed by atoms with Crippen molar-refractivity contribution in [3.05, 3.63) is 53.9 Å². The molecule has 1 aliphatic heterocycles. The van der Waals surface area contributed by atoms with E-state index in [0.717, 1.165) is 13.1 Å². The Bertz CT molecular complexity index is 604. The van der Waals surface area contributed by atoms with Crippen molar-refractivity contribution in [2.75, 3.05) is 13.7 Å². The highest BCUT2D eigenvalue weighted by Crippen LogP contribution is 2.18. The van der Waals surface area contributed by atoms with Crippen LogP contribution in [0.15, 0.2) is 42.6 Å². The van der Waals surface area contributed by atoms with E-state index in [9.17, 15) is 4.79 Å². The number of benzene rings is 1. The lowest BCUT2D eigenvalue weighted by atomic mass is 10.1. The summed E-state index contributed by atoms with van der Waals surface area (Å²) in [5.41, 5.74) is 1.86. The van der Waals surface area contributed by atoms with Gasteiger partial charge in [0.2, 0.25) is 0 Å². The molecule has 4 nitrogen and oxygen atoms in total. The number of carbonyl (C=O) groups is 1. The van der Waals surface area contributed by atoms with Crippen molar-refractivity contribution in [1.82, 2.24) is 9.47 Å².